The number of fused-ring (bicyclic) bond motifs is 1. The Hall–Kier alpha value is -4.16. The van der Waals surface area contributed by atoms with Gasteiger partial charge in [-0.2, -0.15) is 0 Å². The molecule has 290 valence electrons. The summed E-state index contributed by atoms with van der Waals surface area (Å²) in [4.78, 5) is 86.1. The van der Waals surface area contributed by atoms with Gasteiger partial charge in [0, 0.05) is 13.0 Å². The predicted octanol–water partition coefficient (Wildman–Crippen LogP) is 2.94. The maximum absolute atomic E-state index is 14.2. The quantitative estimate of drug-likeness (QED) is 0.214. The Bertz CT molecular complexity index is 1430. The maximum Gasteiger partial charge on any atom is 0.246 e. The van der Waals surface area contributed by atoms with E-state index in [0.29, 0.717) is 37.8 Å². The summed E-state index contributed by atoms with van der Waals surface area (Å²) in [6, 6.07) is 1.26. The largest absolute Gasteiger partial charge is 0.508 e. The lowest BCUT2D eigenvalue weighted by atomic mass is 9.88. The summed E-state index contributed by atoms with van der Waals surface area (Å²) in [5.41, 5.74) is -0.836. The average molecular weight is 727 g/mol. The SMILES string of the molecule is CC(C)C[C@@H]1NC(=O)[C@@H](CC(C)C)NC(=O)[C@](C)(CC(C)C)NC(=O)[C@H](Cc2ccc(O)cc2)NC(=O)[C@@H]2CCCN2C(=O)[C@H](CC(C)C)NC1=O. The van der Waals surface area contributed by atoms with Gasteiger partial charge in [0.15, 0.2) is 0 Å². The van der Waals surface area contributed by atoms with E-state index in [1.54, 1.807) is 19.1 Å². The van der Waals surface area contributed by atoms with Crippen LogP contribution < -0.4 is 26.6 Å². The van der Waals surface area contributed by atoms with Crippen LogP contribution in [0.15, 0.2) is 24.3 Å². The second kappa shape index (κ2) is 18.6. The Kier molecular flexibility index (Phi) is 15.1. The molecule has 0 aromatic heterocycles. The minimum absolute atomic E-state index is 0.0106. The molecule has 2 saturated heterocycles. The van der Waals surface area contributed by atoms with E-state index in [0.717, 1.165) is 0 Å². The summed E-state index contributed by atoms with van der Waals surface area (Å²) in [5.74, 6) is -3.13. The monoisotopic (exact) mass is 726 g/mol. The van der Waals surface area contributed by atoms with Gasteiger partial charge in [-0.25, -0.2) is 0 Å². The number of benzene rings is 1. The number of aromatic hydroxyl groups is 1. The van der Waals surface area contributed by atoms with Gasteiger partial charge in [0.05, 0.1) is 0 Å². The molecule has 13 nitrogen and oxygen atoms in total. The standard InChI is InChI=1S/C39H62N6O7/c1-22(2)17-28-33(47)42-31(19-24(5)6)37(51)45-16-10-11-32(45)36(50)41-30(20-26-12-14-27(46)15-13-26)35(49)44-39(9,21-25(7)8)38(52)43-29(18-23(3)4)34(48)40-28/h12-15,22-25,28-32,46H,10-11,16-21H2,1-9H3,(H,40,48)(H,41,50)(H,42,47)(H,43,52)(H,44,49)/t28-,29+,30-,31-,32-,39-/m0/s1. The number of phenols is 1. The zero-order valence-electron chi connectivity index (χ0n) is 32.5. The zero-order valence-corrected chi connectivity index (χ0v) is 32.5. The molecule has 1 aromatic rings. The van der Waals surface area contributed by atoms with Crippen molar-refractivity contribution >= 4 is 35.4 Å². The number of hydrogen-bond donors (Lipinski definition) is 6. The van der Waals surface area contributed by atoms with Crippen molar-refractivity contribution in [1.29, 1.82) is 0 Å². The topological polar surface area (TPSA) is 186 Å². The van der Waals surface area contributed by atoms with Crippen molar-refractivity contribution in [1.82, 2.24) is 31.5 Å². The lowest BCUT2D eigenvalue weighted by Crippen LogP contribution is -2.65. The van der Waals surface area contributed by atoms with Crippen molar-refractivity contribution in [2.24, 2.45) is 23.7 Å². The summed E-state index contributed by atoms with van der Waals surface area (Å²) >= 11 is 0. The second-order valence-electron chi connectivity index (χ2n) is 16.6. The molecule has 6 N–H and O–H groups in total. The first-order valence-electron chi connectivity index (χ1n) is 18.9. The molecule has 52 heavy (non-hydrogen) atoms. The smallest absolute Gasteiger partial charge is 0.246 e. The van der Waals surface area contributed by atoms with Crippen molar-refractivity contribution in [3.8, 4) is 5.75 Å². The molecule has 6 atom stereocenters. The minimum Gasteiger partial charge on any atom is -0.508 e. The summed E-state index contributed by atoms with van der Waals surface area (Å²) in [6.45, 7) is 17.3. The third kappa shape index (κ3) is 11.9. The number of carbonyl (C=O) groups is 6. The van der Waals surface area contributed by atoms with Crippen molar-refractivity contribution in [3.05, 3.63) is 29.8 Å². The van der Waals surface area contributed by atoms with Gasteiger partial charge in [0.2, 0.25) is 35.4 Å². The van der Waals surface area contributed by atoms with Crippen LogP contribution in [0.5, 0.6) is 5.75 Å². The Morgan fingerprint density at radius 2 is 1.17 bits per heavy atom. The number of rotatable bonds is 10. The van der Waals surface area contributed by atoms with E-state index in [4.69, 9.17) is 0 Å². The molecule has 0 aliphatic carbocycles. The van der Waals surface area contributed by atoms with Crippen molar-refractivity contribution in [2.75, 3.05) is 6.54 Å². The van der Waals surface area contributed by atoms with Crippen LogP contribution in [0, 0.1) is 23.7 Å². The first-order valence-corrected chi connectivity index (χ1v) is 18.9. The van der Waals surface area contributed by atoms with Crippen LogP contribution in [-0.4, -0.2) is 87.7 Å². The highest BCUT2D eigenvalue weighted by molar-refractivity contribution is 5.99. The average Bonchev–Trinajstić information content (AvgIpc) is 3.53. The van der Waals surface area contributed by atoms with Crippen LogP contribution in [0.4, 0.5) is 0 Å². The van der Waals surface area contributed by atoms with Crippen molar-refractivity contribution in [3.63, 3.8) is 0 Å². The Balaban J connectivity index is 2.15. The number of carbonyl (C=O) groups excluding carboxylic acids is 6. The first kappa shape index (κ1) is 42.3. The van der Waals surface area contributed by atoms with Gasteiger partial charge in [0.25, 0.3) is 0 Å². The summed E-state index contributed by atoms with van der Waals surface area (Å²) < 4.78 is 0. The highest BCUT2D eigenvalue weighted by Crippen LogP contribution is 2.23. The van der Waals surface area contributed by atoms with E-state index >= 15 is 0 Å². The van der Waals surface area contributed by atoms with Crippen LogP contribution >= 0.6 is 0 Å². The molecule has 0 spiro atoms. The lowest BCUT2D eigenvalue weighted by Gasteiger charge is -2.36. The van der Waals surface area contributed by atoms with Gasteiger partial charge in [0.1, 0.15) is 41.5 Å². The first-order chi connectivity index (χ1) is 24.3. The van der Waals surface area contributed by atoms with E-state index in [-0.39, 0.29) is 48.7 Å². The molecular formula is C39H62N6O7. The third-order valence-electron chi connectivity index (χ3n) is 9.56. The maximum atomic E-state index is 14.2. The molecule has 13 heteroatoms. The van der Waals surface area contributed by atoms with Crippen LogP contribution in [0.3, 0.4) is 0 Å². The van der Waals surface area contributed by atoms with Crippen LogP contribution in [0.2, 0.25) is 0 Å². The molecule has 0 radical (unpaired) electrons. The predicted molar refractivity (Wildman–Crippen MR) is 199 cm³/mol. The van der Waals surface area contributed by atoms with Gasteiger partial charge < -0.3 is 36.6 Å². The molecule has 0 saturated carbocycles. The fourth-order valence-corrected chi connectivity index (χ4v) is 7.19. The van der Waals surface area contributed by atoms with Crippen LogP contribution in [-0.2, 0) is 35.2 Å². The van der Waals surface area contributed by atoms with E-state index in [1.165, 1.54) is 17.0 Å². The number of phenolic OH excluding ortho intramolecular Hbond substituents is 1. The van der Waals surface area contributed by atoms with Gasteiger partial charge in [-0.3, -0.25) is 28.8 Å². The number of hydrogen-bond acceptors (Lipinski definition) is 7. The molecule has 3 rings (SSSR count). The highest BCUT2D eigenvalue weighted by Gasteiger charge is 2.43. The molecule has 0 unspecified atom stereocenters. The fraction of sp³-hybridized carbons (Fsp3) is 0.692. The minimum atomic E-state index is -1.49. The summed E-state index contributed by atoms with van der Waals surface area (Å²) in [6.07, 6.45) is 2.05. The molecule has 2 fully saturated rings. The zero-order chi connectivity index (χ0) is 38.9. The lowest BCUT2D eigenvalue weighted by molar-refractivity contribution is -0.143. The van der Waals surface area contributed by atoms with Gasteiger partial charge in [-0.1, -0.05) is 67.5 Å². The van der Waals surface area contributed by atoms with E-state index in [9.17, 15) is 33.9 Å². The van der Waals surface area contributed by atoms with E-state index < -0.39 is 71.2 Å². The second-order valence-corrected chi connectivity index (χ2v) is 16.6. The van der Waals surface area contributed by atoms with Crippen molar-refractivity contribution < 1.29 is 33.9 Å². The van der Waals surface area contributed by atoms with Gasteiger partial charge >= 0.3 is 0 Å². The molecule has 2 aliphatic rings. The third-order valence-corrected chi connectivity index (χ3v) is 9.56. The molecule has 2 aliphatic heterocycles. The Morgan fingerprint density at radius 1 is 0.673 bits per heavy atom. The number of nitrogens with zero attached hydrogens (tertiary/aromatic N) is 1. The highest BCUT2D eigenvalue weighted by atomic mass is 16.3. The molecule has 2 heterocycles. The Labute approximate surface area is 309 Å². The molecule has 0 bridgehead atoms. The van der Waals surface area contributed by atoms with Crippen LogP contribution in [0.1, 0.15) is 106 Å². The van der Waals surface area contributed by atoms with Gasteiger partial charge in [-0.05, 0) is 86.8 Å². The molecular weight excluding hydrogens is 664 g/mol. The summed E-state index contributed by atoms with van der Waals surface area (Å²) in [7, 11) is 0. The van der Waals surface area contributed by atoms with E-state index in [2.05, 4.69) is 26.6 Å². The fourth-order valence-electron chi connectivity index (χ4n) is 7.19. The normalized spacial score (nSPS) is 27.2. The van der Waals surface area contributed by atoms with Crippen molar-refractivity contribution in [2.45, 2.75) is 143 Å². The molecule has 6 amide bonds. The number of nitrogens with one attached hydrogen (secondary N) is 5. The van der Waals surface area contributed by atoms with Crippen LogP contribution in [0.25, 0.3) is 0 Å². The number of amides is 6. The van der Waals surface area contributed by atoms with E-state index in [1.807, 2.05) is 55.4 Å². The summed E-state index contributed by atoms with van der Waals surface area (Å²) in [5, 5.41) is 24.3. The Morgan fingerprint density at radius 3 is 1.71 bits per heavy atom. The molecule has 1 aromatic carbocycles. The van der Waals surface area contributed by atoms with Gasteiger partial charge in [-0.15, -0.1) is 0 Å².